The third kappa shape index (κ3) is 2.57. The smallest absolute Gasteiger partial charge is 0.152 e. The summed E-state index contributed by atoms with van der Waals surface area (Å²) < 4.78 is 0. The molecule has 2 nitrogen and oxygen atoms in total. The van der Waals surface area contributed by atoms with E-state index >= 15 is 0 Å². The standard InChI is InChI=1S/C12H23NO/c1-4-12(8-5-9-13-12)11(14)7-6-10(2)3/h10,13H,4-9H2,1-3H3. The van der Waals surface area contributed by atoms with E-state index in [1.54, 1.807) is 0 Å². The molecular formula is C12H23NO. The number of ketones is 1. The van der Waals surface area contributed by atoms with Gasteiger partial charge in [0.15, 0.2) is 5.78 Å². The van der Waals surface area contributed by atoms with Gasteiger partial charge in [0.25, 0.3) is 0 Å². The highest BCUT2D eigenvalue weighted by Gasteiger charge is 2.37. The second-order valence-electron chi connectivity index (χ2n) is 4.82. The molecule has 0 spiro atoms. The predicted molar refractivity (Wildman–Crippen MR) is 59.3 cm³/mol. The topological polar surface area (TPSA) is 29.1 Å². The van der Waals surface area contributed by atoms with Crippen LogP contribution in [0.2, 0.25) is 0 Å². The lowest BCUT2D eigenvalue weighted by atomic mass is 9.86. The van der Waals surface area contributed by atoms with Gasteiger partial charge in [-0.3, -0.25) is 4.79 Å². The molecular weight excluding hydrogens is 174 g/mol. The third-order valence-corrected chi connectivity index (χ3v) is 3.33. The van der Waals surface area contributed by atoms with Crippen LogP contribution in [0.1, 0.15) is 52.9 Å². The summed E-state index contributed by atoms with van der Waals surface area (Å²) in [6.07, 6.45) is 4.92. The van der Waals surface area contributed by atoms with Crippen LogP contribution < -0.4 is 5.32 Å². The maximum absolute atomic E-state index is 12.0. The van der Waals surface area contributed by atoms with Crippen LogP contribution in [0.5, 0.6) is 0 Å². The van der Waals surface area contributed by atoms with Gasteiger partial charge in [0.2, 0.25) is 0 Å². The van der Waals surface area contributed by atoms with Crippen LogP contribution in [-0.4, -0.2) is 17.9 Å². The molecule has 1 heterocycles. The largest absolute Gasteiger partial charge is 0.305 e. The maximum atomic E-state index is 12.0. The van der Waals surface area contributed by atoms with Crippen molar-refractivity contribution >= 4 is 5.78 Å². The molecule has 2 heteroatoms. The van der Waals surface area contributed by atoms with Gasteiger partial charge in [-0.25, -0.2) is 0 Å². The Kier molecular flexibility index (Phi) is 4.11. The highest BCUT2D eigenvalue weighted by Crippen LogP contribution is 2.26. The lowest BCUT2D eigenvalue weighted by Gasteiger charge is -2.26. The number of nitrogens with one attached hydrogen (secondary N) is 1. The average Bonchev–Trinajstić information content (AvgIpc) is 2.63. The Labute approximate surface area is 87.5 Å². The predicted octanol–water partition coefficient (Wildman–Crippen LogP) is 2.52. The second-order valence-corrected chi connectivity index (χ2v) is 4.82. The summed E-state index contributed by atoms with van der Waals surface area (Å²) in [5, 5.41) is 3.39. The fraction of sp³-hybridized carbons (Fsp3) is 0.917. The monoisotopic (exact) mass is 197 g/mol. The molecule has 1 aliphatic heterocycles. The average molecular weight is 197 g/mol. The van der Waals surface area contributed by atoms with E-state index in [4.69, 9.17) is 0 Å². The molecule has 0 saturated carbocycles. The van der Waals surface area contributed by atoms with E-state index in [2.05, 4.69) is 26.1 Å². The van der Waals surface area contributed by atoms with Crippen molar-refractivity contribution in [2.45, 2.75) is 58.4 Å². The van der Waals surface area contributed by atoms with Crippen molar-refractivity contribution in [2.75, 3.05) is 6.54 Å². The Morgan fingerprint density at radius 1 is 1.50 bits per heavy atom. The molecule has 0 bridgehead atoms. The second kappa shape index (κ2) is 4.92. The zero-order valence-corrected chi connectivity index (χ0v) is 9.73. The van der Waals surface area contributed by atoms with Gasteiger partial charge in [-0.1, -0.05) is 20.8 Å². The fourth-order valence-corrected chi connectivity index (χ4v) is 2.20. The molecule has 0 aromatic rings. The minimum Gasteiger partial charge on any atom is -0.305 e. The number of hydrogen-bond acceptors (Lipinski definition) is 2. The van der Waals surface area contributed by atoms with E-state index in [0.717, 1.165) is 38.6 Å². The molecule has 14 heavy (non-hydrogen) atoms. The lowest BCUT2D eigenvalue weighted by Crippen LogP contribution is -2.46. The number of carbonyl (C=O) groups excluding carboxylic acids is 1. The Morgan fingerprint density at radius 3 is 2.64 bits per heavy atom. The van der Waals surface area contributed by atoms with Crippen LogP contribution >= 0.6 is 0 Å². The summed E-state index contributed by atoms with van der Waals surface area (Å²) in [7, 11) is 0. The van der Waals surface area contributed by atoms with Crippen LogP contribution in [0.4, 0.5) is 0 Å². The van der Waals surface area contributed by atoms with E-state index in [0.29, 0.717) is 11.7 Å². The van der Waals surface area contributed by atoms with Crippen molar-refractivity contribution < 1.29 is 4.79 Å². The summed E-state index contributed by atoms with van der Waals surface area (Å²) in [5.41, 5.74) is -0.158. The minimum atomic E-state index is -0.158. The first kappa shape index (κ1) is 11.7. The summed E-state index contributed by atoms with van der Waals surface area (Å²) in [6.45, 7) is 7.48. The van der Waals surface area contributed by atoms with Crippen molar-refractivity contribution in [1.82, 2.24) is 5.32 Å². The van der Waals surface area contributed by atoms with Crippen molar-refractivity contribution in [3.8, 4) is 0 Å². The van der Waals surface area contributed by atoms with Gasteiger partial charge < -0.3 is 5.32 Å². The molecule has 1 atom stereocenters. The zero-order valence-electron chi connectivity index (χ0n) is 9.73. The molecule has 1 unspecified atom stereocenters. The molecule has 1 saturated heterocycles. The van der Waals surface area contributed by atoms with Gasteiger partial charge in [0.1, 0.15) is 0 Å². The van der Waals surface area contributed by atoms with E-state index in [1.807, 2.05) is 0 Å². The highest BCUT2D eigenvalue weighted by molar-refractivity contribution is 5.88. The van der Waals surface area contributed by atoms with Gasteiger partial charge in [-0.05, 0) is 38.1 Å². The van der Waals surface area contributed by atoms with E-state index in [-0.39, 0.29) is 5.54 Å². The van der Waals surface area contributed by atoms with Crippen LogP contribution in [0, 0.1) is 5.92 Å². The first-order valence-electron chi connectivity index (χ1n) is 5.89. The first-order valence-corrected chi connectivity index (χ1v) is 5.89. The summed E-state index contributed by atoms with van der Waals surface area (Å²) in [6, 6.07) is 0. The van der Waals surface area contributed by atoms with E-state index in [9.17, 15) is 4.79 Å². The van der Waals surface area contributed by atoms with Crippen molar-refractivity contribution in [2.24, 2.45) is 5.92 Å². The minimum absolute atomic E-state index is 0.158. The molecule has 0 amide bonds. The van der Waals surface area contributed by atoms with Gasteiger partial charge in [0.05, 0.1) is 5.54 Å². The highest BCUT2D eigenvalue weighted by atomic mass is 16.1. The third-order valence-electron chi connectivity index (χ3n) is 3.33. The van der Waals surface area contributed by atoms with Crippen LogP contribution in [0.25, 0.3) is 0 Å². The summed E-state index contributed by atoms with van der Waals surface area (Å²) >= 11 is 0. The van der Waals surface area contributed by atoms with Gasteiger partial charge >= 0.3 is 0 Å². The van der Waals surface area contributed by atoms with Crippen LogP contribution in [-0.2, 0) is 4.79 Å². The Balaban J connectivity index is 2.48. The first-order chi connectivity index (χ1) is 6.60. The summed E-state index contributed by atoms with van der Waals surface area (Å²) in [5.74, 6) is 1.07. The maximum Gasteiger partial charge on any atom is 0.152 e. The van der Waals surface area contributed by atoms with E-state index in [1.165, 1.54) is 0 Å². The molecule has 0 aromatic heterocycles. The molecule has 82 valence electrons. The molecule has 1 aliphatic rings. The number of hydrogen-bond donors (Lipinski definition) is 1. The van der Waals surface area contributed by atoms with Crippen molar-refractivity contribution in [3.63, 3.8) is 0 Å². The van der Waals surface area contributed by atoms with Crippen molar-refractivity contribution in [1.29, 1.82) is 0 Å². The summed E-state index contributed by atoms with van der Waals surface area (Å²) in [4.78, 5) is 12.0. The Bertz CT molecular complexity index is 192. The molecule has 1 fully saturated rings. The quantitative estimate of drug-likeness (QED) is 0.733. The van der Waals surface area contributed by atoms with Gasteiger partial charge in [-0.15, -0.1) is 0 Å². The number of Topliss-reactive ketones (excluding diaryl/α,β-unsaturated/α-hetero) is 1. The number of carbonyl (C=O) groups is 1. The van der Waals surface area contributed by atoms with Gasteiger partial charge in [-0.2, -0.15) is 0 Å². The lowest BCUT2D eigenvalue weighted by molar-refractivity contribution is -0.125. The molecule has 1 rings (SSSR count). The molecule has 1 N–H and O–H groups in total. The zero-order chi connectivity index (χ0) is 10.6. The molecule has 0 aliphatic carbocycles. The fourth-order valence-electron chi connectivity index (χ4n) is 2.20. The molecule has 0 aromatic carbocycles. The Hall–Kier alpha value is -0.370. The van der Waals surface area contributed by atoms with Crippen LogP contribution in [0.3, 0.4) is 0 Å². The van der Waals surface area contributed by atoms with Crippen LogP contribution in [0.15, 0.2) is 0 Å². The van der Waals surface area contributed by atoms with Gasteiger partial charge in [0, 0.05) is 6.42 Å². The SMILES string of the molecule is CCC1(C(=O)CCC(C)C)CCCN1. The normalized spacial score (nSPS) is 27.1. The van der Waals surface area contributed by atoms with Crippen molar-refractivity contribution in [3.05, 3.63) is 0 Å². The Morgan fingerprint density at radius 2 is 2.21 bits per heavy atom. The molecule has 0 radical (unpaired) electrons. The van der Waals surface area contributed by atoms with E-state index < -0.39 is 0 Å². The number of rotatable bonds is 5.